The van der Waals surface area contributed by atoms with Gasteiger partial charge < -0.3 is 10.5 Å². The van der Waals surface area contributed by atoms with E-state index in [1.165, 1.54) is 0 Å². The van der Waals surface area contributed by atoms with Crippen molar-refractivity contribution in [1.29, 1.82) is 0 Å². The Labute approximate surface area is 81.7 Å². The number of nitrogens with two attached hydrogens (primary N) is 1. The highest BCUT2D eigenvalue weighted by Crippen LogP contribution is 2.24. The number of anilines is 1. The number of fused-ring (bicyclic) bond motifs is 1. The first-order chi connectivity index (χ1) is 6.81. The topological polar surface area (TPSA) is 61.0 Å². The molecule has 0 amide bonds. The highest BCUT2D eigenvalue weighted by molar-refractivity contribution is 5.87. The van der Waals surface area contributed by atoms with Gasteiger partial charge in [-0.15, -0.1) is 0 Å². The molecule has 0 fully saturated rings. The minimum absolute atomic E-state index is 0.453. The summed E-state index contributed by atoms with van der Waals surface area (Å²) in [7, 11) is 0. The number of nitrogen functional groups attached to an aromatic ring is 1. The normalized spacial score (nSPS) is 10.4. The Hall–Kier alpha value is -1.84. The smallest absolute Gasteiger partial charge is 0.223 e. The molecule has 2 rings (SSSR count). The molecule has 0 atom stereocenters. The van der Waals surface area contributed by atoms with Crippen LogP contribution in [0, 0.1) is 0 Å². The SMILES string of the molecule is CCOc1nc(N)cc2cnccc12. The van der Waals surface area contributed by atoms with Gasteiger partial charge in [0.2, 0.25) is 5.88 Å². The van der Waals surface area contributed by atoms with Crippen molar-refractivity contribution in [1.82, 2.24) is 9.97 Å². The number of nitrogens with zero attached hydrogens (tertiary/aromatic N) is 2. The first-order valence-corrected chi connectivity index (χ1v) is 4.44. The molecule has 0 aliphatic heterocycles. The summed E-state index contributed by atoms with van der Waals surface area (Å²) in [6.07, 6.45) is 3.46. The van der Waals surface area contributed by atoms with Crippen LogP contribution in [0.2, 0.25) is 0 Å². The van der Waals surface area contributed by atoms with Crippen LogP contribution >= 0.6 is 0 Å². The maximum Gasteiger partial charge on any atom is 0.223 e. The lowest BCUT2D eigenvalue weighted by Crippen LogP contribution is -1.98. The van der Waals surface area contributed by atoms with Crippen molar-refractivity contribution < 1.29 is 4.74 Å². The molecule has 14 heavy (non-hydrogen) atoms. The molecule has 4 nitrogen and oxygen atoms in total. The van der Waals surface area contributed by atoms with Crippen LogP contribution in [0.3, 0.4) is 0 Å². The Bertz CT molecular complexity index is 456. The molecule has 0 bridgehead atoms. The molecule has 2 heterocycles. The van der Waals surface area contributed by atoms with Crippen LogP contribution < -0.4 is 10.5 Å². The minimum Gasteiger partial charge on any atom is -0.477 e. The van der Waals surface area contributed by atoms with Gasteiger partial charge in [-0.05, 0) is 19.1 Å². The molecule has 0 saturated heterocycles. The standard InChI is InChI=1S/C10H11N3O/c1-2-14-10-8-3-4-12-6-7(8)5-9(11)13-10/h3-6H,2H2,1H3,(H2,11,13). The second kappa shape index (κ2) is 3.49. The van der Waals surface area contributed by atoms with Gasteiger partial charge in [-0.2, -0.15) is 4.98 Å². The summed E-state index contributed by atoms with van der Waals surface area (Å²) in [5.74, 6) is 1.03. The van der Waals surface area contributed by atoms with Gasteiger partial charge in [0.1, 0.15) is 5.82 Å². The van der Waals surface area contributed by atoms with Gasteiger partial charge in [-0.1, -0.05) is 0 Å². The molecule has 2 aromatic rings. The van der Waals surface area contributed by atoms with Gasteiger partial charge in [0.25, 0.3) is 0 Å². The summed E-state index contributed by atoms with van der Waals surface area (Å²) >= 11 is 0. The van der Waals surface area contributed by atoms with Crippen molar-refractivity contribution >= 4 is 16.6 Å². The molecule has 2 aromatic heterocycles. The van der Waals surface area contributed by atoms with E-state index in [-0.39, 0.29) is 0 Å². The predicted molar refractivity (Wildman–Crippen MR) is 55.1 cm³/mol. The lowest BCUT2D eigenvalue weighted by molar-refractivity contribution is 0.332. The largest absolute Gasteiger partial charge is 0.477 e. The minimum atomic E-state index is 0.453. The molecule has 0 aliphatic carbocycles. The summed E-state index contributed by atoms with van der Waals surface area (Å²) in [6, 6.07) is 3.65. The zero-order valence-electron chi connectivity index (χ0n) is 7.90. The average Bonchev–Trinajstić information content (AvgIpc) is 2.18. The molecule has 0 aliphatic rings. The van der Waals surface area contributed by atoms with Gasteiger partial charge in [-0.25, -0.2) is 0 Å². The molecule has 0 radical (unpaired) electrons. The van der Waals surface area contributed by atoms with E-state index >= 15 is 0 Å². The van der Waals surface area contributed by atoms with E-state index in [9.17, 15) is 0 Å². The van der Waals surface area contributed by atoms with Crippen LogP contribution in [0.5, 0.6) is 5.88 Å². The summed E-state index contributed by atoms with van der Waals surface area (Å²) < 4.78 is 5.38. The van der Waals surface area contributed by atoms with E-state index in [0.29, 0.717) is 18.3 Å². The number of pyridine rings is 2. The summed E-state index contributed by atoms with van der Waals surface area (Å²) in [5.41, 5.74) is 5.64. The quantitative estimate of drug-likeness (QED) is 0.779. The van der Waals surface area contributed by atoms with Gasteiger partial charge in [0.15, 0.2) is 0 Å². The number of hydrogen-bond donors (Lipinski definition) is 1. The van der Waals surface area contributed by atoms with E-state index in [2.05, 4.69) is 9.97 Å². The molecule has 0 unspecified atom stereocenters. The maximum absolute atomic E-state index is 5.64. The van der Waals surface area contributed by atoms with Gasteiger partial charge in [0, 0.05) is 23.2 Å². The van der Waals surface area contributed by atoms with E-state index < -0.39 is 0 Å². The zero-order chi connectivity index (χ0) is 9.97. The van der Waals surface area contributed by atoms with Crippen LogP contribution in [0.15, 0.2) is 24.5 Å². The molecule has 2 N–H and O–H groups in total. The molecular formula is C10H11N3O. The molecular weight excluding hydrogens is 178 g/mol. The van der Waals surface area contributed by atoms with Crippen LogP contribution in [-0.4, -0.2) is 16.6 Å². The lowest BCUT2D eigenvalue weighted by atomic mass is 10.2. The Morgan fingerprint density at radius 1 is 1.50 bits per heavy atom. The second-order valence-corrected chi connectivity index (χ2v) is 2.88. The van der Waals surface area contributed by atoms with E-state index in [4.69, 9.17) is 10.5 Å². The Kier molecular flexibility index (Phi) is 2.18. The van der Waals surface area contributed by atoms with Crippen LogP contribution in [0.4, 0.5) is 5.82 Å². The van der Waals surface area contributed by atoms with Gasteiger partial charge in [-0.3, -0.25) is 4.98 Å². The molecule has 4 heteroatoms. The lowest BCUT2D eigenvalue weighted by Gasteiger charge is -2.06. The third-order valence-electron chi connectivity index (χ3n) is 1.90. The number of aromatic nitrogens is 2. The number of ether oxygens (including phenoxy) is 1. The molecule has 0 saturated carbocycles. The number of rotatable bonds is 2. The van der Waals surface area contributed by atoms with Crippen LogP contribution in [-0.2, 0) is 0 Å². The van der Waals surface area contributed by atoms with Crippen molar-refractivity contribution in [2.75, 3.05) is 12.3 Å². The monoisotopic (exact) mass is 189 g/mol. The first kappa shape index (κ1) is 8.74. The fraction of sp³-hybridized carbons (Fsp3) is 0.200. The van der Waals surface area contributed by atoms with Crippen molar-refractivity contribution in [3.8, 4) is 5.88 Å². The summed E-state index contributed by atoms with van der Waals surface area (Å²) in [5, 5.41) is 1.89. The Balaban J connectivity index is 2.67. The van der Waals surface area contributed by atoms with E-state index in [0.717, 1.165) is 10.8 Å². The highest BCUT2D eigenvalue weighted by Gasteiger charge is 2.04. The van der Waals surface area contributed by atoms with Gasteiger partial charge in [0.05, 0.1) is 6.61 Å². The Morgan fingerprint density at radius 3 is 3.14 bits per heavy atom. The van der Waals surface area contributed by atoms with Crippen LogP contribution in [0.25, 0.3) is 10.8 Å². The second-order valence-electron chi connectivity index (χ2n) is 2.88. The van der Waals surface area contributed by atoms with E-state index in [1.807, 2.05) is 13.0 Å². The van der Waals surface area contributed by atoms with Gasteiger partial charge >= 0.3 is 0 Å². The summed E-state index contributed by atoms with van der Waals surface area (Å²) in [6.45, 7) is 2.49. The van der Waals surface area contributed by atoms with E-state index in [1.54, 1.807) is 18.5 Å². The Morgan fingerprint density at radius 2 is 2.36 bits per heavy atom. The van der Waals surface area contributed by atoms with Crippen LogP contribution in [0.1, 0.15) is 6.92 Å². The molecule has 0 aromatic carbocycles. The third-order valence-corrected chi connectivity index (χ3v) is 1.90. The molecule has 0 spiro atoms. The van der Waals surface area contributed by atoms with Crippen molar-refractivity contribution in [3.05, 3.63) is 24.5 Å². The third kappa shape index (κ3) is 1.46. The first-order valence-electron chi connectivity index (χ1n) is 4.44. The fourth-order valence-corrected chi connectivity index (χ4v) is 1.33. The highest BCUT2D eigenvalue weighted by atomic mass is 16.5. The zero-order valence-corrected chi connectivity index (χ0v) is 7.90. The molecule has 72 valence electrons. The van der Waals surface area contributed by atoms with Crippen molar-refractivity contribution in [2.45, 2.75) is 6.92 Å². The van der Waals surface area contributed by atoms with Crippen molar-refractivity contribution in [2.24, 2.45) is 0 Å². The predicted octanol–water partition coefficient (Wildman–Crippen LogP) is 1.61. The van der Waals surface area contributed by atoms with Crippen molar-refractivity contribution in [3.63, 3.8) is 0 Å². The summed E-state index contributed by atoms with van der Waals surface area (Å²) in [4.78, 5) is 8.14. The average molecular weight is 189 g/mol. The maximum atomic E-state index is 5.64. The number of hydrogen-bond acceptors (Lipinski definition) is 4. The fourth-order valence-electron chi connectivity index (χ4n) is 1.33.